The molecule has 1 aromatic carbocycles. The number of nitrogens with one attached hydrogen (secondary N) is 1. The average molecular weight is 465 g/mol. The molecule has 3 aromatic rings. The highest BCUT2D eigenvalue weighted by Gasteiger charge is 2.41. The second-order valence-corrected chi connectivity index (χ2v) is 8.37. The van der Waals surface area contributed by atoms with E-state index in [9.17, 15) is 4.79 Å². The second kappa shape index (κ2) is 9.72. The van der Waals surface area contributed by atoms with Crippen LogP contribution in [0.5, 0.6) is 0 Å². The van der Waals surface area contributed by atoms with Crippen LogP contribution >= 0.6 is 12.2 Å². The van der Waals surface area contributed by atoms with Crippen LogP contribution in [-0.4, -0.2) is 52.9 Å². The van der Waals surface area contributed by atoms with E-state index in [1.807, 2.05) is 43.3 Å². The van der Waals surface area contributed by atoms with Crippen molar-refractivity contribution in [2.75, 3.05) is 27.4 Å². The monoisotopic (exact) mass is 464 g/mol. The number of rotatable bonds is 7. The maximum absolute atomic E-state index is 12.5. The molecular weight excluding hydrogens is 436 g/mol. The van der Waals surface area contributed by atoms with E-state index >= 15 is 0 Å². The summed E-state index contributed by atoms with van der Waals surface area (Å²) in [5, 5.41) is 4.14. The summed E-state index contributed by atoms with van der Waals surface area (Å²) in [6, 6.07) is 15.4. The predicted octanol–water partition coefficient (Wildman–Crippen LogP) is 3.89. The van der Waals surface area contributed by atoms with Crippen molar-refractivity contribution in [3.05, 3.63) is 82.9 Å². The van der Waals surface area contributed by atoms with E-state index in [0.29, 0.717) is 23.8 Å². The highest BCUT2D eigenvalue weighted by molar-refractivity contribution is 7.80. The molecular formula is C25H28N4O3S. The SMILES string of the molecule is COCCN1C(=S)N[C@@H](c2ccccn2)[C@@H]1c1cc(C)n(-c2ccccc2C(=O)OC)c1C. The molecule has 1 fully saturated rings. The standard InChI is InChI=1S/C25H28N4O3S/c1-16-15-19(17(2)29(16)21-11-6-5-9-18(21)24(30)32-4)23-22(20-10-7-8-12-26-20)27-25(33)28(23)13-14-31-3/h5-12,15,22-23H,13-14H2,1-4H3,(H,27,33)/t22-,23-/m0/s1. The van der Waals surface area contributed by atoms with Gasteiger partial charge in [0, 0.05) is 31.2 Å². The van der Waals surface area contributed by atoms with Crippen molar-refractivity contribution in [2.45, 2.75) is 25.9 Å². The minimum Gasteiger partial charge on any atom is -0.465 e. The predicted molar refractivity (Wildman–Crippen MR) is 131 cm³/mol. The first-order valence-electron chi connectivity index (χ1n) is 10.8. The lowest BCUT2D eigenvalue weighted by Crippen LogP contribution is -2.32. The number of aryl methyl sites for hydroxylation is 1. The molecule has 172 valence electrons. The summed E-state index contributed by atoms with van der Waals surface area (Å²) in [4.78, 5) is 19.2. The molecule has 4 rings (SSSR count). The van der Waals surface area contributed by atoms with E-state index in [4.69, 9.17) is 21.7 Å². The summed E-state index contributed by atoms with van der Waals surface area (Å²) in [5.74, 6) is -0.364. The van der Waals surface area contributed by atoms with Gasteiger partial charge in [0.1, 0.15) is 0 Å². The Labute approximate surface area is 199 Å². The number of ether oxygens (including phenoxy) is 2. The summed E-state index contributed by atoms with van der Waals surface area (Å²) >= 11 is 5.72. The van der Waals surface area contributed by atoms with Crippen LogP contribution in [0, 0.1) is 13.8 Å². The molecule has 0 unspecified atom stereocenters. The molecule has 0 radical (unpaired) electrons. The van der Waals surface area contributed by atoms with Gasteiger partial charge in [-0.3, -0.25) is 4.98 Å². The molecule has 1 aliphatic rings. The number of benzene rings is 1. The molecule has 2 aromatic heterocycles. The van der Waals surface area contributed by atoms with Gasteiger partial charge in [-0.2, -0.15) is 0 Å². The van der Waals surface area contributed by atoms with E-state index in [1.54, 1.807) is 19.4 Å². The zero-order valence-electron chi connectivity index (χ0n) is 19.2. The topological polar surface area (TPSA) is 68.6 Å². The van der Waals surface area contributed by atoms with Crippen LogP contribution in [0.1, 0.15) is 45.1 Å². The summed E-state index contributed by atoms with van der Waals surface area (Å²) < 4.78 is 12.5. The minimum absolute atomic E-state index is 0.0761. The van der Waals surface area contributed by atoms with Crippen molar-refractivity contribution < 1.29 is 14.3 Å². The van der Waals surface area contributed by atoms with Gasteiger partial charge in [0.15, 0.2) is 5.11 Å². The van der Waals surface area contributed by atoms with Gasteiger partial charge >= 0.3 is 5.97 Å². The molecule has 2 atom stereocenters. The van der Waals surface area contributed by atoms with Crippen LogP contribution in [0.15, 0.2) is 54.7 Å². The third-order valence-corrected chi connectivity index (χ3v) is 6.43. The molecule has 0 aliphatic carbocycles. The third-order valence-electron chi connectivity index (χ3n) is 6.07. The highest BCUT2D eigenvalue weighted by Crippen LogP contribution is 2.41. The summed E-state index contributed by atoms with van der Waals surface area (Å²) in [6.07, 6.45) is 1.80. The first-order chi connectivity index (χ1) is 16.0. The van der Waals surface area contributed by atoms with E-state index in [-0.39, 0.29) is 18.1 Å². The number of esters is 1. The summed E-state index contributed by atoms with van der Waals surface area (Å²) in [5.41, 5.74) is 5.39. The molecule has 1 N–H and O–H groups in total. The van der Waals surface area contributed by atoms with E-state index in [2.05, 4.69) is 32.8 Å². The number of aromatic nitrogens is 2. The fraction of sp³-hybridized carbons (Fsp3) is 0.320. The summed E-state index contributed by atoms with van der Waals surface area (Å²) in [7, 11) is 3.09. The number of para-hydroxylation sites is 1. The van der Waals surface area contributed by atoms with E-state index in [0.717, 1.165) is 28.3 Å². The molecule has 1 aliphatic heterocycles. The van der Waals surface area contributed by atoms with Crippen molar-refractivity contribution in [2.24, 2.45) is 0 Å². The minimum atomic E-state index is -0.364. The number of methoxy groups -OCH3 is 2. The maximum Gasteiger partial charge on any atom is 0.339 e. The lowest BCUT2D eigenvalue weighted by Gasteiger charge is -2.28. The van der Waals surface area contributed by atoms with Crippen LogP contribution in [0.2, 0.25) is 0 Å². The zero-order valence-corrected chi connectivity index (χ0v) is 20.1. The van der Waals surface area contributed by atoms with Crippen molar-refractivity contribution in [3.63, 3.8) is 0 Å². The Morgan fingerprint density at radius 1 is 1.15 bits per heavy atom. The first-order valence-corrected chi connectivity index (χ1v) is 11.2. The van der Waals surface area contributed by atoms with Crippen molar-refractivity contribution >= 4 is 23.3 Å². The lowest BCUT2D eigenvalue weighted by molar-refractivity contribution is 0.0600. The Hall–Kier alpha value is -3.23. The van der Waals surface area contributed by atoms with Crippen LogP contribution in [0.4, 0.5) is 0 Å². The van der Waals surface area contributed by atoms with Crippen molar-refractivity contribution in [3.8, 4) is 5.69 Å². The summed E-state index contributed by atoms with van der Waals surface area (Å²) in [6.45, 7) is 5.32. The van der Waals surface area contributed by atoms with Crippen LogP contribution in [0.25, 0.3) is 5.69 Å². The molecule has 33 heavy (non-hydrogen) atoms. The normalized spacial score (nSPS) is 17.8. The number of carbonyl (C=O) groups excluding carboxylic acids is 1. The number of carbonyl (C=O) groups is 1. The van der Waals surface area contributed by atoms with Crippen LogP contribution in [0.3, 0.4) is 0 Å². The number of pyridine rings is 1. The lowest BCUT2D eigenvalue weighted by atomic mass is 9.97. The van der Waals surface area contributed by atoms with Crippen molar-refractivity contribution in [1.29, 1.82) is 0 Å². The van der Waals surface area contributed by atoms with Gasteiger partial charge in [-0.15, -0.1) is 0 Å². The van der Waals surface area contributed by atoms with Crippen molar-refractivity contribution in [1.82, 2.24) is 19.8 Å². The van der Waals surface area contributed by atoms with Gasteiger partial charge in [-0.1, -0.05) is 18.2 Å². The quantitative estimate of drug-likeness (QED) is 0.420. The zero-order chi connectivity index (χ0) is 23.5. The number of hydrogen-bond acceptors (Lipinski definition) is 5. The second-order valence-electron chi connectivity index (χ2n) is 7.98. The average Bonchev–Trinajstić information content (AvgIpc) is 3.32. The first kappa shape index (κ1) is 22.9. The third kappa shape index (κ3) is 4.24. The fourth-order valence-electron chi connectivity index (χ4n) is 4.58. The van der Waals surface area contributed by atoms with Gasteiger partial charge < -0.3 is 24.3 Å². The Balaban J connectivity index is 1.85. The largest absolute Gasteiger partial charge is 0.465 e. The van der Waals surface area contributed by atoms with Crippen LogP contribution in [-0.2, 0) is 9.47 Å². The Kier molecular flexibility index (Phi) is 6.76. The molecule has 8 heteroatoms. The molecule has 1 saturated heterocycles. The Bertz CT molecular complexity index is 1160. The van der Waals surface area contributed by atoms with Gasteiger partial charge in [0.25, 0.3) is 0 Å². The fourth-order valence-corrected chi connectivity index (χ4v) is 4.92. The Morgan fingerprint density at radius 2 is 1.91 bits per heavy atom. The molecule has 0 saturated carbocycles. The molecule has 0 amide bonds. The number of nitrogens with zero attached hydrogens (tertiary/aromatic N) is 3. The smallest absolute Gasteiger partial charge is 0.339 e. The highest BCUT2D eigenvalue weighted by atomic mass is 32.1. The molecule has 7 nitrogen and oxygen atoms in total. The van der Waals surface area contributed by atoms with Gasteiger partial charge in [-0.25, -0.2) is 4.79 Å². The number of thiocarbonyl (C=S) groups is 1. The molecule has 0 bridgehead atoms. The molecule has 0 spiro atoms. The maximum atomic E-state index is 12.5. The van der Waals surface area contributed by atoms with Crippen LogP contribution < -0.4 is 5.32 Å². The Morgan fingerprint density at radius 3 is 2.61 bits per heavy atom. The van der Waals surface area contributed by atoms with E-state index < -0.39 is 0 Å². The van der Waals surface area contributed by atoms with E-state index in [1.165, 1.54) is 7.11 Å². The number of hydrogen-bond donors (Lipinski definition) is 1. The van der Waals surface area contributed by atoms with Gasteiger partial charge in [0.05, 0.1) is 42.7 Å². The van der Waals surface area contributed by atoms with Gasteiger partial charge in [0.2, 0.25) is 0 Å². The molecule has 3 heterocycles. The van der Waals surface area contributed by atoms with Gasteiger partial charge in [-0.05, 0) is 62.0 Å².